The number of benzene rings is 3. The van der Waals surface area contributed by atoms with Gasteiger partial charge in [-0.05, 0) is 41.3 Å². The van der Waals surface area contributed by atoms with Gasteiger partial charge in [0.15, 0.2) is 0 Å². The molecule has 5 aromatic rings. The number of hydrogen-bond acceptors (Lipinski definition) is 3. The van der Waals surface area contributed by atoms with E-state index in [1.807, 2.05) is 59.4 Å². The molecule has 1 amide bonds. The zero-order chi connectivity index (χ0) is 22.8. The number of aromatic carboxylic acids is 1. The molecule has 2 heterocycles. The summed E-state index contributed by atoms with van der Waals surface area (Å²) in [5, 5.41) is 15.2. The van der Waals surface area contributed by atoms with Gasteiger partial charge in [-0.1, -0.05) is 48.5 Å². The van der Waals surface area contributed by atoms with Crippen LogP contribution in [0.3, 0.4) is 0 Å². The summed E-state index contributed by atoms with van der Waals surface area (Å²) in [6.45, 7) is 0.858. The number of nitrogens with one attached hydrogen (secondary N) is 1. The molecular weight excluding hydrogens is 414 g/mol. The van der Waals surface area contributed by atoms with E-state index in [0.29, 0.717) is 18.7 Å². The normalized spacial score (nSPS) is 11.0. The second-order valence-corrected chi connectivity index (χ2v) is 7.89. The smallest absolute Gasteiger partial charge is 0.335 e. The highest BCUT2D eigenvalue weighted by Gasteiger charge is 2.14. The van der Waals surface area contributed by atoms with Crippen LogP contribution in [0.4, 0.5) is 0 Å². The van der Waals surface area contributed by atoms with Crippen LogP contribution in [0.2, 0.25) is 0 Å². The van der Waals surface area contributed by atoms with Gasteiger partial charge < -0.3 is 15.0 Å². The summed E-state index contributed by atoms with van der Waals surface area (Å²) in [6.07, 6.45) is 3.85. The van der Waals surface area contributed by atoms with Crippen LogP contribution in [0, 0.1) is 0 Å². The average molecular weight is 435 g/mol. The molecule has 0 bridgehead atoms. The summed E-state index contributed by atoms with van der Waals surface area (Å²) in [6, 6.07) is 24.3. The van der Waals surface area contributed by atoms with Crippen molar-refractivity contribution in [3.63, 3.8) is 0 Å². The first-order chi connectivity index (χ1) is 16.1. The molecular formula is C27H21N3O3. The molecule has 0 atom stereocenters. The number of pyridine rings is 1. The number of amides is 1. The van der Waals surface area contributed by atoms with E-state index in [2.05, 4.69) is 22.4 Å². The van der Waals surface area contributed by atoms with E-state index in [0.717, 1.165) is 32.9 Å². The fourth-order valence-corrected chi connectivity index (χ4v) is 4.01. The Hall–Kier alpha value is -4.45. The lowest BCUT2D eigenvalue weighted by Crippen LogP contribution is -2.23. The van der Waals surface area contributed by atoms with Gasteiger partial charge in [-0.3, -0.25) is 9.78 Å². The predicted molar refractivity (Wildman–Crippen MR) is 127 cm³/mol. The molecule has 0 fully saturated rings. The highest BCUT2D eigenvalue weighted by Crippen LogP contribution is 2.22. The maximum atomic E-state index is 13.1. The summed E-state index contributed by atoms with van der Waals surface area (Å²) in [4.78, 5) is 28.7. The van der Waals surface area contributed by atoms with Gasteiger partial charge in [0.2, 0.25) is 0 Å². The van der Waals surface area contributed by atoms with Crippen LogP contribution >= 0.6 is 0 Å². The van der Waals surface area contributed by atoms with E-state index in [1.54, 1.807) is 12.1 Å². The van der Waals surface area contributed by atoms with Gasteiger partial charge in [0.1, 0.15) is 0 Å². The Morgan fingerprint density at radius 2 is 1.64 bits per heavy atom. The molecule has 0 saturated heterocycles. The van der Waals surface area contributed by atoms with Crippen molar-refractivity contribution in [2.75, 3.05) is 0 Å². The molecule has 0 aliphatic carbocycles. The third kappa shape index (κ3) is 4.19. The third-order valence-corrected chi connectivity index (χ3v) is 5.71. The van der Waals surface area contributed by atoms with Crippen LogP contribution in [0.1, 0.15) is 32.0 Å². The van der Waals surface area contributed by atoms with E-state index in [9.17, 15) is 9.59 Å². The number of carbonyl (C=O) groups excluding carboxylic acids is 1. The number of nitrogens with zero attached hydrogens (tertiary/aromatic N) is 2. The molecule has 0 aliphatic heterocycles. The molecule has 0 saturated carbocycles. The zero-order valence-corrected chi connectivity index (χ0v) is 17.7. The van der Waals surface area contributed by atoms with Crippen molar-refractivity contribution in [2.24, 2.45) is 0 Å². The fourth-order valence-electron chi connectivity index (χ4n) is 4.01. The summed E-state index contributed by atoms with van der Waals surface area (Å²) < 4.78 is 2.04. The first-order valence-electron chi connectivity index (χ1n) is 10.6. The van der Waals surface area contributed by atoms with Crippen LogP contribution < -0.4 is 5.32 Å². The number of para-hydroxylation sites is 1. The molecule has 6 nitrogen and oxygen atoms in total. The van der Waals surface area contributed by atoms with E-state index >= 15 is 0 Å². The van der Waals surface area contributed by atoms with E-state index in [4.69, 9.17) is 5.11 Å². The Morgan fingerprint density at radius 3 is 2.42 bits per heavy atom. The number of fused-ring (bicyclic) bond motifs is 2. The molecule has 0 aliphatic rings. The lowest BCUT2D eigenvalue weighted by atomic mass is 10.1. The molecule has 162 valence electrons. The molecule has 0 spiro atoms. The monoisotopic (exact) mass is 435 g/mol. The number of carboxylic acid groups (broad SMARTS) is 1. The molecule has 33 heavy (non-hydrogen) atoms. The minimum atomic E-state index is -0.973. The molecule has 5 rings (SSSR count). The topological polar surface area (TPSA) is 84.2 Å². The lowest BCUT2D eigenvalue weighted by molar-refractivity contribution is 0.0696. The molecule has 2 N–H and O–H groups in total. The van der Waals surface area contributed by atoms with Gasteiger partial charge >= 0.3 is 5.97 Å². The minimum Gasteiger partial charge on any atom is -0.478 e. The lowest BCUT2D eigenvalue weighted by Gasteiger charge is -2.11. The highest BCUT2D eigenvalue weighted by molar-refractivity contribution is 6.06. The highest BCUT2D eigenvalue weighted by atomic mass is 16.4. The van der Waals surface area contributed by atoms with Gasteiger partial charge in [0.05, 0.1) is 28.9 Å². The first kappa shape index (κ1) is 20.5. The van der Waals surface area contributed by atoms with Crippen molar-refractivity contribution in [2.45, 2.75) is 13.1 Å². The SMILES string of the molecule is O=C(O)c1ccc(CNC(=O)c2cccc3ccn(Cc4cc5ccccc5cn4)c23)cc1. The first-order valence-corrected chi connectivity index (χ1v) is 10.6. The molecule has 0 unspecified atom stereocenters. The molecule has 3 aromatic carbocycles. The predicted octanol–water partition coefficient (Wildman–Crippen LogP) is 4.87. The molecule has 0 radical (unpaired) electrons. The summed E-state index contributed by atoms with van der Waals surface area (Å²) in [7, 11) is 0. The standard InChI is InChI=1S/C27H21N3O3/c31-26(29-15-18-8-10-20(11-9-18)27(32)33)24-7-3-6-19-12-13-30(25(19)24)17-23-14-21-4-1-2-5-22(21)16-28-23/h1-14,16H,15,17H2,(H,29,31)(H,32,33). The van der Waals surface area contributed by atoms with E-state index in [-0.39, 0.29) is 11.5 Å². The maximum absolute atomic E-state index is 13.1. The van der Waals surface area contributed by atoms with E-state index < -0.39 is 5.97 Å². The van der Waals surface area contributed by atoms with Crippen molar-refractivity contribution in [3.8, 4) is 0 Å². The second kappa shape index (κ2) is 8.59. The summed E-state index contributed by atoms with van der Waals surface area (Å²) in [5.74, 6) is -1.16. The van der Waals surface area contributed by atoms with Gasteiger partial charge in [0.25, 0.3) is 5.91 Å². The maximum Gasteiger partial charge on any atom is 0.335 e. The second-order valence-electron chi connectivity index (χ2n) is 7.89. The van der Waals surface area contributed by atoms with Crippen LogP contribution in [0.25, 0.3) is 21.7 Å². The number of aromatic nitrogens is 2. The van der Waals surface area contributed by atoms with Crippen LogP contribution in [0.15, 0.2) is 91.3 Å². The van der Waals surface area contributed by atoms with E-state index in [1.165, 1.54) is 12.1 Å². The molecule has 6 heteroatoms. The van der Waals surface area contributed by atoms with Gasteiger partial charge in [-0.25, -0.2) is 4.79 Å². The summed E-state index contributed by atoms with van der Waals surface area (Å²) in [5.41, 5.74) is 3.40. The van der Waals surface area contributed by atoms with Crippen LogP contribution in [0.5, 0.6) is 0 Å². The number of hydrogen-bond donors (Lipinski definition) is 2. The quantitative estimate of drug-likeness (QED) is 0.399. The minimum absolute atomic E-state index is 0.186. The zero-order valence-electron chi connectivity index (χ0n) is 17.7. The Balaban J connectivity index is 1.39. The average Bonchev–Trinajstić information content (AvgIpc) is 3.25. The Bertz CT molecular complexity index is 1490. The van der Waals surface area contributed by atoms with Crippen molar-refractivity contribution >= 4 is 33.6 Å². The van der Waals surface area contributed by atoms with Crippen molar-refractivity contribution in [1.82, 2.24) is 14.9 Å². The van der Waals surface area contributed by atoms with Gasteiger partial charge in [-0.2, -0.15) is 0 Å². The van der Waals surface area contributed by atoms with Crippen LogP contribution in [-0.4, -0.2) is 26.5 Å². The fraction of sp³-hybridized carbons (Fsp3) is 0.0741. The number of rotatable bonds is 6. The molecule has 2 aromatic heterocycles. The van der Waals surface area contributed by atoms with Gasteiger partial charge in [0, 0.05) is 29.7 Å². The van der Waals surface area contributed by atoms with Crippen LogP contribution in [-0.2, 0) is 13.1 Å². The number of carbonyl (C=O) groups is 2. The Kier molecular flexibility index (Phi) is 5.32. The Labute approximate surface area is 190 Å². The van der Waals surface area contributed by atoms with Crippen molar-refractivity contribution in [3.05, 3.63) is 114 Å². The largest absolute Gasteiger partial charge is 0.478 e. The van der Waals surface area contributed by atoms with Crippen molar-refractivity contribution in [1.29, 1.82) is 0 Å². The third-order valence-electron chi connectivity index (χ3n) is 5.71. The van der Waals surface area contributed by atoms with Crippen molar-refractivity contribution < 1.29 is 14.7 Å². The number of carboxylic acids is 1. The van der Waals surface area contributed by atoms with Gasteiger partial charge in [-0.15, -0.1) is 0 Å². The Morgan fingerprint density at radius 1 is 0.879 bits per heavy atom. The summed E-state index contributed by atoms with van der Waals surface area (Å²) >= 11 is 0.